The Balaban J connectivity index is 2.38. The summed E-state index contributed by atoms with van der Waals surface area (Å²) in [6.07, 6.45) is -1.16. The third kappa shape index (κ3) is 2.48. The Morgan fingerprint density at radius 3 is 2.37 bits per heavy atom. The number of nitro groups is 1. The van der Waals surface area contributed by atoms with E-state index in [-0.39, 0.29) is 11.6 Å². The smallest absolute Gasteiger partial charge is 0.403 e. The van der Waals surface area contributed by atoms with Crippen molar-refractivity contribution in [2.75, 3.05) is 0 Å². The molecule has 5 nitrogen and oxygen atoms in total. The Morgan fingerprint density at radius 1 is 1.32 bits per heavy atom. The minimum absolute atomic E-state index is 0.0529. The van der Waals surface area contributed by atoms with E-state index in [1.807, 2.05) is 0 Å². The molecule has 19 heavy (non-hydrogen) atoms. The maximum Gasteiger partial charge on any atom is 0.433 e. The number of aliphatic hydroxyl groups is 1. The van der Waals surface area contributed by atoms with Gasteiger partial charge in [0.1, 0.15) is 22.6 Å². The van der Waals surface area contributed by atoms with E-state index in [1.165, 1.54) is 24.3 Å². The van der Waals surface area contributed by atoms with E-state index in [0.29, 0.717) is 16.7 Å². The van der Waals surface area contributed by atoms with Gasteiger partial charge in [0.25, 0.3) is 0 Å². The first-order chi connectivity index (χ1) is 8.90. The van der Waals surface area contributed by atoms with Gasteiger partial charge in [-0.25, -0.2) is 4.39 Å². The summed E-state index contributed by atoms with van der Waals surface area (Å²) >= 11 is 0. The van der Waals surface area contributed by atoms with Crippen LogP contribution in [0.4, 0.5) is 10.3 Å². The van der Waals surface area contributed by atoms with Gasteiger partial charge in [0.2, 0.25) is 0 Å². The Morgan fingerprint density at radius 2 is 1.89 bits per heavy atom. The van der Waals surface area contributed by atoms with Crippen LogP contribution in [-0.4, -0.2) is 10.0 Å². The van der Waals surface area contributed by atoms with Crippen LogP contribution < -0.4 is 0 Å². The highest BCUT2D eigenvalue weighted by Crippen LogP contribution is 2.28. The number of halogens is 1. The van der Waals surface area contributed by atoms with E-state index in [0.717, 1.165) is 0 Å². The van der Waals surface area contributed by atoms with Gasteiger partial charge in [-0.1, -0.05) is 12.1 Å². The van der Waals surface area contributed by atoms with E-state index >= 15 is 0 Å². The molecule has 1 unspecified atom stereocenters. The molecule has 1 aromatic carbocycles. The SMILES string of the molecule is Cc1cc(C(O)c2ccc([N+](=O)[O-])o2)cc(C)c1F. The highest BCUT2D eigenvalue weighted by atomic mass is 19.1. The molecule has 100 valence electrons. The van der Waals surface area contributed by atoms with Gasteiger partial charge < -0.3 is 9.52 Å². The lowest BCUT2D eigenvalue weighted by Crippen LogP contribution is -2.01. The molecule has 0 bridgehead atoms. The molecule has 0 fully saturated rings. The fourth-order valence-electron chi connectivity index (χ4n) is 1.89. The van der Waals surface area contributed by atoms with Crippen LogP contribution in [0.5, 0.6) is 0 Å². The number of hydrogen-bond donors (Lipinski definition) is 1. The van der Waals surface area contributed by atoms with Crippen molar-refractivity contribution >= 4 is 5.88 Å². The topological polar surface area (TPSA) is 76.5 Å². The zero-order valence-electron chi connectivity index (χ0n) is 10.4. The van der Waals surface area contributed by atoms with Crippen molar-refractivity contribution in [3.8, 4) is 0 Å². The third-order valence-electron chi connectivity index (χ3n) is 2.84. The predicted octanol–water partition coefficient (Wildman–Crippen LogP) is 3.03. The quantitative estimate of drug-likeness (QED) is 0.683. The molecule has 0 spiro atoms. The van der Waals surface area contributed by atoms with E-state index < -0.39 is 16.9 Å². The van der Waals surface area contributed by atoms with Gasteiger partial charge >= 0.3 is 5.88 Å². The average molecular weight is 265 g/mol. The molecule has 6 heteroatoms. The fraction of sp³-hybridized carbons (Fsp3) is 0.231. The van der Waals surface area contributed by atoms with Crippen LogP contribution in [0.2, 0.25) is 0 Å². The maximum atomic E-state index is 13.5. The maximum absolute atomic E-state index is 13.5. The van der Waals surface area contributed by atoms with Crippen molar-refractivity contribution in [1.82, 2.24) is 0 Å². The summed E-state index contributed by atoms with van der Waals surface area (Å²) in [5.41, 5.74) is 1.23. The van der Waals surface area contributed by atoms with Crippen LogP contribution >= 0.6 is 0 Å². The normalized spacial score (nSPS) is 12.4. The van der Waals surface area contributed by atoms with Crippen molar-refractivity contribution in [2.45, 2.75) is 20.0 Å². The average Bonchev–Trinajstić information content (AvgIpc) is 2.84. The van der Waals surface area contributed by atoms with Crippen LogP contribution in [0.1, 0.15) is 28.6 Å². The molecule has 1 atom stereocenters. The first-order valence-electron chi connectivity index (χ1n) is 5.59. The summed E-state index contributed by atoms with van der Waals surface area (Å²) in [6.45, 7) is 3.17. The largest absolute Gasteiger partial charge is 0.433 e. The Hall–Kier alpha value is -2.21. The lowest BCUT2D eigenvalue weighted by molar-refractivity contribution is -0.402. The first kappa shape index (κ1) is 13.2. The van der Waals surface area contributed by atoms with Gasteiger partial charge in [0.15, 0.2) is 0 Å². The molecule has 0 aliphatic heterocycles. The summed E-state index contributed by atoms with van der Waals surface area (Å²) in [5, 5.41) is 20.6. The highest BCUT2D eigenvalue weighted by Gasteiger charge is 2.20. The number of aliphatic hydroxyl groups excluding tert-OH is 1. The Bertz CT molecular complexity index is 612. The second-order valence-electron chi connectivity index (χ2n) is 4.30. The molecule has 1 aromatic heterocycles. The number of rotatable bonds is 3. The van der Waals surface area contributed by atoms with Crippen LogP contribution in [0.25, 0.3) is 0 Å². The number of furan rings is 1. The number of hydrogen-bond acceptors (Lipinski definition) is 4. The van der Waals surface area contributed by atoms with Crippen LogP contribution in [0.3, 0.4) is 0 Å². The zero-order valence-corrected chi connectivity index (χ0v) is 10.4. The van der Waals surface area contributed by atoms with Gasteiger partial charge in [0.05, 0.1) is 6.07 Å². The van der Waals surface area contributed by atoms with Gasteiger partial charge in [-0.05, 0) is 36.6 Å². The molecule has 0 saturated carbocycles. The summed E-state index contributed by atoms with van der Waals surface area (Å²) in [7, 11) is 0. The predicted molar refractivity (Wildman–Crippen MR) is 65.3 cm³/mol. The van der Waals surface area contributed by atoms with Crippen LogP contribution in [0.15, 0.2) is 28.7 Å². The van der Waals surface area contributed by atoms with E-state index in [9.17, 15) is 19.6 Å². The van der Waals surface area contributed by atoms with Crippen molar-refractivity contribution in [2.24, 2.45) is 0 Å². The monoisotopic (exact) mass is 265 g/mol. The number of benzene rings is 1. The summed E-state index contributed by atoms with van der Waals surface area (Å²) in [4.78, 5) is 9.82. The van der Waals surface area contributed by atoms with E-state index in [1.54, 1.807) is 13.8 Å². The number of nitrogens with zero attached hydrogens (tertiary/aromatic N) is 1. The zero-order chi connectivity index (χ0) is 14.2. The lowest BCUT2D eigenvalue weighted by Gasteiger charge is -2.11. The molecule has 1 N–H and O–H groups in total. The molecular weight excluding hydrogens is 253 g/mol. The molecule has 1 heterocycles. The van der Waals surface area contributed by atoms with Crippen LogP contribution in [0, 0.1) is 29.8 Å². The second kappa shape index (κ2) is 4.81. The van der Waals surface area contributed by atoms with Gasteiger partial charge in [-0.3, -0.25) is 10.1 Å². The van der Waals surface area contributed by atoms with E-state index in [4.69, 9.17) is 4.42 Å². The fourth-order valence-corrected chi connectivity index (χ4v) is 1.89. The van der Waals surface area contributed by atoms with Gasteiger partial charge in [0, 0.05) is 0 Å². The molecule has 0 aliphatic carbocycles. The van der Waals surface area contributed by atoms with Gasteiger partial charge in [-0.15, -0.1) is 0 Å². The first-order valence-corrected chi connectivity index (χ1v) is 5.59. The molecule has 0 saturated heterocycles. The Labute approximate surface area is 108 Å². The van der Waals surface area contributed by atoms with E-state index in [2.05, 4.69) is 0 Å². The molecule has 0 aliphatic rings. The standard InChI is InChI=1S/C13H12FNO4/c1-7-5-9(6-8(2)12(7)14)13(16)10-3-4-11(19-10)15(17)18/h3-6,13,16H,1-2H3. The van der Waals surface area contributed by atoms with Crippen molar-refractivity contribution in [3.05, 3.63) is 62.6 Å². The van der Waals surface area contributed by atoms with Crippen LogP contribution in [-0.2, 0) is 0 Å². The van der Waals surface area contributed by atoms with Crippen molar-refractivity contribution in [3.63, 3.8) is 0 Å². The molecular formula is C13H12FNO4. The number of aryl methyl sites for hydroxylation is 2. The second-order valence-corrected chi connectivity index (χ2v) is 4.30. The molecule has 0 radical (unpaired) electrons. The third-order valence-corrected chi connectivity index (χ3v) is 2.84. The minimum Gasteiger partial charge on any atom is -0.403 e. The van der Waals surface area contributed by atoms with Crippen molar-refractivity contribution in [1.29, 1.82) is 0 Å². The molecule has 0 amide bonds. The molecule has 2 aromatic rings. The summed E-state index contributed by atoms with van der Waals surface area (Å²) in [6, 6.07) is 5.47. The van der Waals surface area contributed by atoms with Gasteiger partial charge in [-0.2, -0.15) is 0 Å². The highest BCUT2D eigenvalue weighted by molar-refractivity contribution is 5.35. The summed E-state index contributed by atoms with van der Waals surface area (Å²) in [5.74, 6) is -0.719. The lowest BCUT2D eigenvalue weighted by atomic mass is 10.0. The van der Waals surface area contributed by atoms with Crippen molar-refractivity contribution < 1.29 is 18.8 Å². The Kier molecular flexibility index (Phi) is 3.35. The minimum atomic E-state index is -1.16. The molecule has 2 rings (SSSR count). The summed E-state index contributed by atoms with van der Waals surface area (Å²) < 4.78 is 18.4.